The number of nitrogens with two attached hydrogens (primary N) is 1. The minimum atomic E-state index is -0.701. The largest absolute Gasteiger partial charge is 0.465 e. The van der Waals surface area contributed by atoms with E-state index in [-0.39, 0.29) is 0 Å². The molecule has 0 aromatic carbocycles. The summed E-state index contributed by atoms with van der Waals surface area (Å²) in [6, 6.07) is 0.856. The van der Waals surface area contributed by atoms with Crippen molar-refractivity contribution in [3.8, 4) is 0 Å². The number of rotatable bonds is 2. The number of nitrogens with one attached hydrogen (secondary N) is 1. The van der Waals surface area contributed by atoms with Crippen LogP contribution in [0.2, 0.25) is 0 Å². The molecule has 6 heteroatoms. The van der Waals surface area contributed by atoms with Crippen molar-refractivity contribution in [3.05, 3.63) is 17.0 Å². The van der Waals surface area contributed by atoms with Crippen molar-refractivity contribution < 1.29 is 14.3 Å². The van der Waals surface area contributed by atoms with Crippen LogP contribution in [0.3, 0.4) is 0 Å². The lowest BCUT2D eigenvalue weighted by atomic mass is 10.3. The van der Waals surface area contributed by atoms with E-state index in [2.05, 4.69) is 10.1 Å². The first-order chi connectivity index (χ1) is 6.15. The number of carbonyl (C=O) groups excluding carboxylic acids is 2. The molecule has 5 nitrogen and oxygen atoms in total. The van der Waals surface area contributed by atoms with Crippen molar-refractivity contribution in [1.29, 1.82) is 0 Å². The zero-order valence-electron chi connectivity index (χ0n) is 6.87. The first-order valence-corrected chi connectivity index (χ1v) is 4.25. The van der Waals surface area contributed by atoms with Crippen molar-refractivity contribution in [3.63, 3.8) is 0 Å². The number of ether oxygens (including phenoxy) is 1. The summed E-state index contributed by atoms with van der Waals surface area (Å²) in [6.45, 7) is 0. The molecule has 1 heterocycles. The second kappa shape index (κ2) is 3.90. The van der Waals surface area contributed by atoms with Gasteiger partial charge in [0.1, 0.15) is 5.00 Å². The van der Waals surface area contributed by atoms with E-state index in [1.165, 1.54) is 18.4 Å². The van der Waals surface area contributed by atoms with Gasteiger partial charge in [-0.1, -0.05) is 0 Å². The normalized spacial score (nSPS) is 9.31. The maximum absolute atomic E-state index is 11.1. The van der Waals surface area contributed by atoms with Crippen molar-refractivity contribution in [1.82, 2.24) is 0 Å². The average Bonchev–Trinajstić information content (AvgIpc) is 2.50. The number of amides is 2. The predicted molar refractivity (Wildman–Crippen MR) is 48.9 cm³/mol. The fraction of sp³-hybridized carbons (Fsp3) is 0.143. The lowest BCUT2D eigenvalue weighted by Gasteiger charge is -2.00. The molecule has 1 rings (SSSR count). The molecule has 0 aliphatic heterocycles. The van der Waals surface area contributed by atoms with Crippen LogP contribution in [-0.2, 0) is 4.74 Å². The van der Waals surface area contributed by atoms with E-state index in [0.717, 1.165) is 0 Å². The number of hydrogen-bond donors (Lipinski definition) is 2. The van der Waals surface area contributed by atoms with E-state index < -0.39 is 12.0 Å². The summed E-state index contributed by atoms with van der Waals surface area (Å²) < 4.78 is 4.49. The van der Waals surface area contributed by atoms with Crippen molar-refractivity contribution in [2.45, 2.75) is 0 Å². The average molecular weight is 200 g/mol. The highest BCUT2D eigenvalue weighted by Crippen LogP contribution is 2.23. The van der Waals surface area contributed by atoms with Crippen LogP contribution in [0.5, 0.6) is 0 Å². The number of primary amides is 1. The van der Waals surface area contributed by atoms with Crippen LogP contribution in [0.25, 0.3) is 0 Å². The second-order valence-electron chi connectivity index (χ2n) is 2.14. The highest BCUT2D eigenvalue weighted by atomic mass is 32.1. The summed E-state index contributed by atoms with van der Waals surface area (Å²) in [5.74, 6) is -0.495. The Balaban J connectivity index is 2.89. The molecule has 1 aromatic heterocycles. The van der Waals surface area contributed by atoms with Crippen LogP contribution >= 0.6 is 11.3 Å². The monoisotopic (exact) mass is 200 g/mol. The summed E-state index contributed by atoms with van der Waals surface area (Å²) in [6.07, 6.45) is 0. The molecule has 3 N–H and O–H groups in total. The number of thiophene rings is 1. The maximum Gasteiger partial charge on any atom is 0.340 e. The van der Waals surface area contributed by atoms with Crippen molar-refractivity contribution >= 4 is 28.3 Å². The number of methoxy groups -OCH3 is 1. The number of hydrogen-bond acceptors (Lipinski definition) is 4. The molecule has 0 saturated heterocycles. The van der Waals surface area contributed by atoms with E-state index >= 15 is 0 Å². The Bertz CT molecular complexity index is 334. The summed E-state index contributed by atoms with van der Waals surface area (Å²) in [5.41, 5.74) is 5.21. The fourth-order valence-electron chi connectivity index (χ4n) is 0.789. The van der Waals surface area contributed by atoms with Crippen LogP contribution < -0.4 is 11.1 Å². The molecule has 0 aliphatic carbocycles. The molecule has 0 aliphatic rings. The lowest BCUT2D eigenvalue weighted by molar-refractivity contribution is 0.0602. The first-order valence-electron chi connectivity index (χ1n) is 3.37. The van der Waals surface area contributed by atoms with Gasteiger partial charge >= 0.3 is 12.0 Å². The Hall–Kier alpha value is -1.56. The van der Waals surface area contributed by atoms with Crippen LogP contribution in [0.1, 0.15) is 10.4 Å². The van der Waals surface area contributed by atoms with Gasteiger partial charge in [-0.2, -0.15) is 0 Å². The molecule has 0 radical (unpaired) electrons. The first kappa shape index (κ1) is 9.53. The molecular weight excluding hydrogens is 192 g/mol. The highest BCUT2D eigenvalue weighted by Gasteiger charge is 2.13. The lowest BCUT2D eigenvalue weighted by Crippen LogP contribution is -2.20. The SMILES string of the molecule is COC(=O)c1ccsc1NC(N)=O. The van der Waals surface area contributed by atoms with Gasteiger partial charge in [-0.15, -0.1) is 11.3 Å². The molecule has 0 saturated carbocycles. The zero-order chi connectivity index (χ0) is 9.84. The zero-order valence-corrected chi connectivity index (χ0v) is 7.68. The number of urea groups is 1. The molecule has 13 heavy (non-hydrogen) atoms. The fourth-order valence-corrected chi connectivity index (χ4v) is 1.57. The Morgan fingerprint density at radius 1 is 1.62 bits per heavy atom. The number of carbonyl (C=O) groups is 2. The second-order valence-corrected chi connectivity index (χ2v) is 3.06. The van der Waals surface area contributed by atoms with Gasteiger partial charge in [-0.05, 0) is 11.4 Å². The van der Waals surface area contributed by atoms with Gasteiger partial charge in [-0.25, -0.2) is 9.59 Å². The van der Waals surface area contributed by atoms with Crippen LogP contribution in [0, 0.1) is 0 Å². The van der Waals surface area contributed by atoms with E-state index in [4.69, 9.17) is 5.73 Å². The van der Waals surface area contributed by atoms with Crippen molar-refractivity contribution in [2.24, 2.45) is 5.73 Å². The Morgan fingerprint density at radius 3 is 2.85 bits per heavy atom. The topological polar surface area (TPSA) is 81.4 Å². The van der Waals surface area contributed by atoms with Gasteiger partial charge in [0, 0.05) is 0 Å². The molecule has 0 spiro atoms. The third kappa shape index (κ3) is 2.19. The van der Waals surface area contributed by atoms with Crippen LogP contribution in [-0.4, -0.2) is 19.1 Å². The van der Waals surface area contributed by atoms with Crippen molar-refractivity contribution in [2.75, 3.05) is 12.4 Å². The molecule has 70 valence electrons. The van der Waals surface area contributed by atoms with Gasteiger partial charge in [-0.3, -0.25) is 5.32 Å². The van der Waals surface area contributed by atoms with E-state index in [0.29, 0.717) is 10.6 Å². The smallest absolute Gasteiger partial charge is 0.340 e. The Kier molecular flexibility index (Phi) is 2.86. The Morgan fingerprint density at radius 2 is 2.31 bits per heavy atom. The standard InChI is InChI=1S/C7H8N2O3S/c1-12-6(10)4-2-3-13-5(4)9-7(8)11/h2-3H,1H3,(H3,8,9,11). The summed E-state index contributed by atoms with van der Waals surface area (Å²) >= 11 is 1.21. The minimum absolute atomic E-state index is 0.311. The van der Waals surface area contributed by atoms with Gasteiger partial charge in [0.05, 0.1) is 12.7 Å². The Labute approximate surface area is 78.5 Å². The highest BCUT2D eigenvalue weighted by molar-refractivity contribution is 7.14. The van der Waals surface area contributed by atoms with E-state index in [9.17, 15) is 9.59 Å². The van der Waals surface area contributed by atoms with Gasteiger partial charge in [0.15, 0.2) is 0 Å². The molecule has 1 aromatic rings. The van der Waals surface area contributed by atoms with Crippen LogP contribution in [0.15, 0.2) is 11.4 Å². The molecule has 2 amide bonds. The third-order valence-corrected chi connectivity index (χ3v) is 2.14. The third-order valence-electron chi connectivity index (χ3n) is 1.31. The maximum atomic E-state index is 11.1. The quantitative estimate of drug-likeness (QED) is 0.699. The molecule has 0 fully saturated rings. The minimum Gasteiger partial charge on any atom is -0.465 e. The molecule has 0 bridgehead atoms. The molecule has 0 unspecified atom stereocenters. The summed E-state index contributed by atoms with van der Waals surface area (Å²) in [4.78, 5) is 21.6. The van der Waals surface area contributed by atoms with Gasteiger partial charge in [0.2, 0.25) is 0 Å². The van der Waals surface area contributed by atoms with Gasteiger partial charge < -0.3 is 10.5 Å². The predicted octanol–water partition coefficient (Wildman–Crippen LogP) is 1.03. The molecular formula is C7H8N2O3S. The van der Waals surface area contributed by atoms with E-state index in [1.54, 1.807) is 11.4 Å². The van der Waals surface area contributed by atoms with E-state index in [1.807, 2.05) is 0 Å². The molecule has 0 atom stereocenters. The summed E-state index contributed by atoms with van der Waals surface area (Å²) in [7, 11) is 1.27. The number of anilines is 1. The number of esters is 1. The summed E-state index contributed by atoms with van der Waals surface area (Å²) in [5, 5.41) is 4.39. The van der Waals surface area contributed by atoms with Gasteiger partial charge in [0.25, 0.3) is 0 Å². The van der Waals surface area contributed by atoms with Crippen LogP contribution in [0.4, 0.5) is 9.80 Å².